The fourth-order valence-electron chi connectivity index (χ4n) is 2.19. The van der Waals surface area contributed by atoms with Gasteiger partial charge in [-0.2, -0.15) is 0 Å². The van der Waals surface area contributed by atoms with Gasteiger partial charge in [0.25, 0.3) is 0 Å². The molecular weight excluding hydrogens is 164 g/mol. The van der Waals surface area contributed by atoms with E-state index in [2.05, 4.69) is 24.1 Å². The third-order valence-corrected chi connectivity index (χ3v) is 3.02. The molecule has 0 bridgehead atoms. The number of nitrogens with one attached hydrogen (secondary N) is 1. The summed E-state index contributed by atoms with van der Waals surface area (Å²) in [6, 6.07) is 1.07. The minimum atomic E-state index is 0.408. The minimum absolute atomic E-state index is 0.408. The van der Waals surface area contributed by atoms with Gasteiger partial charge in [0.1, 0.15) is 0 Å². The first kappa shape index (κ1) is 10.5. The number of piperidine rings is 1. The Morgan fingerprint density at radius 1 is 1.54 bits per heavy atom. The highest BCUT2D eigenvalue weighted by molar-refractivity contribution is 5.46. The van der Waals surface area contributed by atoms with Gasteiger partial charge in [-0.15, -0.1) is 0 Å². The van der Waals surface area contributed by atoms with E-state index in [0.717, 1.165) is 32.3 Å². The van der Waals surface area contributed by atoms with Gasteiger partial charge in [-0.1, -0.05) is 13.8 Å². The lowest BCUT2D eigenvalue weighted by Gasteiger charge is -2.38. The number of nitrogens with zero attached hydrogens (tertiary/aromatic N) is 1. The third-order valence-electron chi connectivity index (χ3n) is 3.02. The van der Waals surface area contributed by atoms with Crippen LogP contribution in [-0.4, -0.2) is 36.5 Å². The molecule has 1 heterocycles. The van der Waals surface area contributed by atoms with Crippen LogP contribution in [0.3, 0.4) is 0 Å². The van der Waals surface area contributed by atoms with Gasteiger partial charge in [-0.25, -0.2) is 0 Å². The summed E-state index contributed by atoms with van der Waals surface area (Å²) in [7, 11) is 0. The van der Waals surface area contributed by atoms with Crippen LogP contribution in [0.2, 0.25) is 0 Å². The van der Waals surface area contributed by atoms with Crippen molar-refractivity contribution in [2.24, 2.45) is 0 Å². The molecule has 0 aromatic carbocycles. The van der Waals surface area contributed by atoms with Gasteiger partial charge >= 0.3 is 0 Å². The molecule has 0 aliphatic carbocycles. The topological polar surface area (TPSA) is 32.3 Å². The molecule has 1 rings (SSSR count). The number of hydrogen-bond acceptors (Lipinski definition) is 2. The van der Waals surface area contributed by atoms with Crippen molar-refractivity contribution in [1.29, 1.82) is 0 Å². The lowest BCUT2D eigenvalue weighted by atomic mass is 9.95. The number of carbonyl (C=O) groups excluding carboxylic acids is 1. The van der Waals surface area contributed by atoms with Crippen LogP contribution in [0.4, 0.5) is 0 Å². The molecule has 13 heavy (non-hydrogen) atoms. The second-order valence-corrected chi connectivity index (χ2v) is 3.70. The number of carbonyl (C=O) groups is 1. The number of amides is 1. The van der Waals surface area contributed by atoms with Gasteiger partial charge in [-0.05, 0) is 25.8 Å². The van der Waals surface area contributed by atoms with Gasteiger partial charge in [0.2, 0.25) is 6.41 Å². The summed E-state index contributed by atoms with van der Waals surface area (Å²) in [5.74, 6) is 0. The second kappa shape index (κ2) is 5.22. The normalized spacial score (nSPS) is 30.0. The average Bonchev–Trinajstić information content (AvgIpc) is 2.18. The van der Waals surface area contributed by atoms with E-state index in [1.165, 1.54) is 6.42 Å². The van der Waals surface area contributed by atoms with Crippen molar-refractivity contribution in [3.63, 3.8) is 0 Å². The molecule has 1 N–H and O–H groups in total. The van der Waals surface area contributed by atoms with Crippen LogP contribution in [0.25, 0.3) is 0 Å². The maximum atomic E-state index is 10.3. The Morgan fingerprint density at radius 3 is 2.85 bits per heavy atom. The first-order chi connectivity index (χ1) is 6.31. The SMILES string of the molecule is CCC1CC(NC=O)CCN1CC. The standard InChI is InChI=1S/C10H20N2O/c1-3-10-7-9(11-8-13)5-6-12(10)4-2/h8-10H,3-7H2,1-2H3,(H,11,13). The molecule has 76 valence electrons. The van der Waals surface area contributed by atoms with Gasteiger partial charge in [-0.3, -0.25) is 4.79 Å². The van der Waals surface area contributed by atoms with E-state index in [-0.39, 0.29) is 0 Å². The molecule has 0 radical (unpaired) electrons. The highest BCUT2D eigenvalue weighted by Crippen LogP contribution is 2.19. The summed E-state index contributed by atoms with van der Waals surface area (Å²) < 4.78 is 0. The lowest BCUT2D eigenvalue weighted by Crippen LogP contribution is -2.47. The molecular formula is C10H20N2O. The summed E-state index contributed by atoms with van der Waals surface area (Å²) in [6.45, 7) is 6.68. The Balaban J connectivity index is 2.42. The zero-order valence-electron chi connectivity index (χ0n) is 8.62. The Labute approximate surface area is 80.5 Å². The van der Waals surface area contributed by atoms with Crippen LogP contribution in [0, 0.1) is 0 Å². The van der Waals surface area contributed by atoms with E-state index in [0.29, 0.717) is 12.1 Å². The fraction of sp³-hybridized carbons (Fsp3) is 0.900. The van der Waals surface area contributed by atoms with Crippen molar-refractivity contribution in [3.8, 4) is 0 Å². The van der Waals surface area contributed by atoms with Gasteiger partial charge in [0.15, 0.2) is 0 Å². The molecule has 0 aromatic heterocycles. The van der Waals surface area contributed by atoms with Crippen LogP contribution in [0.1, 0.15) is 33.1 Å². The van der Waals surface area contributed by atoms with E-state index >= 15 is 0 Å². The van der Waals surface area contributed by atoms with Crippen molar-refractivity contribution in [1.82, 2.24) is 10.2 Å². The molecule has 1 aliphatic heterocycles. The Kier molecular flexibility index (Phi) is 4.22. The molecule has 0 aromatic rings. The maximum Gasteiger partial charge on any atom is 0.207 e. The summed E-state index contributed by atoms with van der Waals surface area (Å²) in [5.41, 5.74) is 0. The molecule has 0 saturated carbocycles. The third kappa shape index (κ3) is 2.69. The van der Waals surface area contributed by atoms with Crippen LogP contribution in [0.15, 0.2) is 0 Å². The van der Waals surface area contributed by atoms with E-state index in [4.69, 9.17) is 0 Å². The van der Waals surface area contributed by atoms with Crippen LogP contribution < -0.4 is 5.32 Å². The number of likely N-dealkylation sites (tertiary alicyclic amines) is 1. The second-order valence-electron chi connectivity index (χ2n) is 3.70. The predicted octanol–water partition coefficient (Wildman–Crippen LogP) is 0.995. The fourth-order valence-corrected chi connectivity index (χ4v) is 2.19. The molecule has 1 aliphatic rings. The molecule has 1 amide bonds. The molecule has 0 spiro atoms. The highest BCUT2D eigenvalue weighted by Gasteiger charge is 2.25. The van der Waals surface area contributed by atoms with E-state index in [9.17, 15) is 4.79 Å². The van der Waals surface area contributed by atoms with Crippen LogP contribution in [-0.2, 0) is 4.79 Å². The quantitative estimate of drug-likeness (QED) is 0.661. The van der Waals surface area contributed by atoms with Crippen molar-refractivity contribution < 1.29 is 4.79 Å². The largest absolute Gasteiger partial charge is 0.356 e. The Morgan fingerprint density at radius 2 is 2.31 bits per heavy atom. The number of rotatable bonds is 4. The molecule has 2 atom stereocenters. The van der Waals surface area contributed by atoms with Crippen molar-refractivity contribution in [2.75, 3.05) is 13.1 Å². The number of hydrogen-bond donors (Lipinski definition) is 1. The monoisotopic (exact) mass is 184 g/mol. The summed E-state index contributed by atoms with van der Waals surface area (Å²) in [4.78, 5) is 12.8. The average molecular weight is 184 g/mol. The van der Waals surface area contributed by atoms with E-state index < -0.39 is 0 Å². The molecule has 1 fully saturated rings. The van der Waals surface area contributed by atoms with Crippen LogP contribution >= 0.6 is 0 Å². The zero-order chi connectivity index (χ0) is 9.68. The van der Waals surface area contributed by atoms with Gasteiger partial charge in [0.05, 0.1) is 0 Å². The van der Waals surface area contributed by atoms with Crippen molar-refractivity contribution >= 4 is 6.41 Å². The molecule has 1 saturated heterocycles. The Bertz CT molecular complexity index is 161. The molecule has 3 heteroatoms. The zero-order valence-corrected chi connectivity index (χ0v) is 8.62. The molecule has 3 nitrogen and oxygen atoms in total. The van der Waals surface area contributed by atoms with Crippen LogP contribution in [0.5, 0.6) is 0 Å². The van der Waals surface area contributed by atoms with E-state index in [1.54, 1.807) is 0 Å². The molecule has 2 unspecified atom stereocenters. The van der Waals surface area contributed by atoms with E-state index in [1.807, 2.05) is 0 Å². The van der Waals surface area contributed by atoms with Crippen molar-refractivity contribution in [3.05, 3.63) is 0 Å². The van der Waals surface area contributed by atoms with Crippen molar-refractivity contribution in [2.45, 2.75) is 45.2 Å². The lowest BCUT2D eigenvalue weighted by molar-refractivity contribution is -0.110. The Hall–Kier alpha value is -0.570. The first-order valence-corrected chi connectivity index (χ1v) is 5.25. The smallest absolute Gasteiger partial charge is 0.207 e. The highest BCUT2D eigenvalue weighted by atomic mass is 16.1. The van der Waals surface area contributed by atoms with Gasteiger partial charge in [0, 0.05) is 18.6 Å². The minimum Gasteiger partial charge on any atom is -0.356 e. The maximum absolute atomic E-state index is 10.3. The first-order valence-electron chi connectivity index (χ1n) is 5.25. The summed E-state index contributed by atoms with van der Waals surface area (Å²) >= 11 is 0. The van der Waals surface area contributed by atoms with Gasteiger partial charge < -0.3 is 10.2 Å². The summed E-state index contributed by atoms with van der Waals surface area (Å²) in [6.07, 6.45) is 4.23. The predicted molar refractivity (Wildman–Crippen MR) is 53.5 cm³/mol. The summed E-state index contributed by atoms with van der Waals surface area (Å²) in [5, 5.41) is 2.89.